The van der Waals surface area contributed by atoms with Crippen molar-refractivity contribution in [2.24, 2.45) is 0 Å². The molecule has 0 saturated carbocycles. The van der Waals surface area contributed by atoms with E-state index in [9.17, 15) is 0 Å². The number of halogens is 1. The van der Waals surface area contributed by atoms with Crippen LogP contribution in [0, 0.1) is 13.8 Å². The van der Waals surface area contributed by atoms with Crippen LogP contribution < -0.4 is 5.32 Å². The minimum atomic E-state index is 0.506. The first-order valence-electron chi connectivity index (χ1n) is 8.60. The zero-order valence-electron chi connectivity index (χ0n) is 14.3. The number of hydrogen-bond donors (Lipinski definition) is 1. The van der Waals surface area contributed by atoms with Crippen LogP contribution in [-0.4, -0.2) is 6.54 Å². The average molecular weight is 354 g/mol. The van der Waals surface area contributed by atoms with Gasteiger partial charge in [0.25, 0.3) is 0 Å². The second-order valence-electron chi connectivity index (χ2n) is 6.14. The standard InChI is InChI=1S/C19H32BrN/c1-5-7-8-9-10-11-12-18(21-6-2)17-13-15(3)19(20)16(4)14-17/h13-14,18,21H,5-12H2,1-4H3. The third kappa shape index (κ3) is 6.52. The van der Waals surface area contributed by atoms with Crippen molar-refractivity contribution in [3.05, 3.63) is 33.3 Å². The van der Waals surface area contributed by atoms with Crippen molar-refractivity contribution in [2.75, 3.05) is 6.54 Å². The predicted octanol–water partition coefficient (Wildman–Crippen LogP) is 6.47. The molecular formula is C19H32BrN. The summed E-state index contributed by atoms with van der Waals surface area (Å²) in [6.07, 6.45) is 9.47. The fourth-order valence-electron chi connectivity index (χ4n) is 2.94. The Kier molecular flexibility index (Phi) is 9.26. The Hall–Kier alpha value is -0.340. The molecule has 0 spiro atoms. The van der Waals surface area contributed by atoms with Crippen LogP contribution in [0.3, 0.4) is 0 Å². The van der Waals surface area contributed by atoms with Crippen molar-refractivity contribution in [3.63, 3.8) is 0 Å². The van der Waals surface area contributed by atoms with Crippen molar-refractivity contribution in [3.8, 4) is 0 Å². The van der Waals surface area contributed by atoms with E-state index in [0.29, 0.717) is 6.04 Å². The molecule has 1 atom stereocenters. The molecule has 21 heavy (non-hydrogen) atoms. The lowest BCUT2D eigenvalue weighted by Gasteiger charge is -2.20. The fourth-order valence-corrected chi connectivity index (χ4v) is 3.17. The van der Waals surface area contributed by atoms with Crippen LogP contribution in [0.1, 0.15) is 81.5 Å². The quantitative estimate of drug-likeness (QED) is 0.475. The summed E-state index contributed by atoms with van der Waals surface area (Å²) in [5.74, 6) is 0. The topological polar surface area (TPSA) is 12.0 Å². The Morgan fingerprint density at radius 2 is 1.52 bits per heavy atom. The highest BCUT2D eigenvalue weighted by Crippen LogP contribution is 2.28. The van der Waals surface area contributed by atoms with Gasteiger partial charge in [0.2, 0.25) is 0 Å². The molecule has 0 radical (unpaired) electrons. The number of hydrogen-bond acceptors (Lipinski definition) is 1. The summed E-state index contributed by atoms with van der Waals surface area (Å²) in [4.78, 5) is 0. The third-order valence-corrected chi connectivity index (χ3v) is 5.41. The van der Waals surface area contributed by atoms with Gasteiger partial charge in [-0.1, -0.05) is 80.4 Å². The SMILES string of the molecule is CCCCCCCCC(NCC)c1cc(C)c(Br)c(C)c1. The number of aryl methyl sites for hydroxylation is 2. The van der Waals surface area contributed by atoms with Crippen molar-refractivity contribution in [1.29, 1.82) is 0 Å². The Balaban J connectivity index is 2.56. The van der Waals surface area contributed by atoms with E-state index in [1.54, 1.807) is 0 Å². The van der Waals surface area contributed by atoms with Crippen LogP contribution in [0.2, 0.25) is 0 Å². The van der Waals surface area contributed by atoms with Crippen molar-refractivity contribution >= 4 is 15.9 Å². The molecule has 0 aliphatic heterocycles. The molecule has 0 heterocycles. The van der Waals surface area contributed by atoms with Crippen LogP contribution in [0.15, 0.2) is 16.6 Å². The Bertz CT molecular complexity index is 391. The van der Waals surface area contributed by atoms with Gasteiger partial charge in [0.15, 0.2) is 0 Å². The van der Waals surface area contributed by atoms with Crippen LogP contribution in [-0.2, 0) is 0 Å². The molecule has 1 nitrogen and oxygen atoms in total. The molecule has 0 aromatic heterocycles. The van der Waals surface area contributed by atoms with Gasteiger partial charge in [-0.15, -0.1) is 0 Å². The van der Waals surface area contributed by atoms with E-state index in [1.165, 1.54) is 66.1 Å². The summed E-state index contributed by atoms with van der Waals surface area (Å²) in [6, 6.07) is 5.18. The van der Waals surface area contributed by atoms with Crippen LogP contribution in [0.4, 0.5) is 0 Å². The van der Waals surface area contributed by atoms with Crippen molar-refractivity contribution in [1.82, 2.24) is 5.32 Å². The first kappa shape index (κ1) is 18.7. The van der Waals surface area contributed by atoms with Crippen LogP contribution >= 0.6 is 15.9 Å². The molecule has 0 aliphatic carbocycles. The number of nitrogens with one attached hydrogen (secondary N) is 1. The first-order chi connectivity index (χ1) is 10.1. The highest BCUT2D eigenvalue weighted by molar-refractivity contribution is 9.10. The normalized spacial score (nSPS) is 12.6. The maximum absolute atomic E-state index is 3.67. The first-order valence-corrected chi connectivity index (χ1v) is 9.39. The molecule has 1 aromatic carbocycles. The average Bonchev–Trinajstić information content (AvgIpc) is 2.46. The zero-order valence-corrected chi connectivity index (χ0v) is 15.9. The lowest BCUT2D eigenvalue weighted by atomic mass is 9.96. The lowest BCUT2D eigenvalue weighted by Crippen LogP contribution is -2.21. The smallest absolute Gasteiger partial charge is 0.0320 e. The zero-order chi connectivity index (χ0) is 15.7. The molecule has 0 saturated heterocycles. The van der Waals surface area contributed by atoms with Crippen molar-refractivity contribution in [2.45, 2.75) is 78.7 Å². The van der Waals surface area contributed by atoms with Crippen molar-refractivity contribution < 1.29 is 0 Å². The summed E-state index contributed by atoms with van der Waals surface area (Å²) < 4.78 is 1.25. The van der Waals surface area contributed by atoms with E-state index in [1.807, 2.05) is 0 Å². The summed E-state index contributed by atoms with van der Waals surface area (Å²) in [5, 5.41) is 3.66. The summed E-state index contributed by atoms with van der Waals surface area (Å²) in [7, 11) is 0. The summed E-state index contributed by atoms with van der Waals surface area (Å²) in [5.41, 5.74) is 4.13. The Labute approximate surface area is 140 Å². The Morgan fingerprint density at radius 3 is 2.10 bits per heavy atom. The van der Waals surface area contributed by atoms with E-state index in [2.05, 4.69) is 61.1 Å². The monoisotopic (exact) mass is 353 g/mol. The van der Waals surface area contributed by atoms with E-state index in [4.69, 9.17) is 0 Å². The van der Waals surface area contributed by atoms with Gasteiger partial charge < -0.3 is 5.32 Å². The van der Waals surface area contributed by atoms with Gasteiger partial charge in [0, 0.05) is 10.5 Å². The van der Waals surface area contributed by atoms with Gasteiger partial charge in [0.1, 0.15) is 0 Å². The highest BCUT2D eigenvalue weighted by atomic mass is 79.9. The molecule has 0 fully saturated rings. The molecule has 1 rings (SSSR count). The minimum absolute atomic E-state index is 0.506. The molecule has 1 aromatic rings. The molecule has 1 N–H and O–H groups in total. The molecule has 2 heteroatoms. The molecular weight excluding hydrogens is 322 g/mol. The second-order valence-corrected chi connectivity index (χ2v) is 6.93. The molecule has 0 amide bonds. The summed E-state index contributed by atoms with van der Waals surface area (Å²) in [6.45, 7) is 9.89. The lowest BCUT2D eigenvalue weighted by molar-refractivity contribution is 0.476. The number of benzene rings is 1. The van der Waals surface area contributed by atoms with Gasteiger partial charge >= 0.3 is 0 Å². The molecule has 0 aliphatic rings. The van der Waals surface area contributed by atoms with Gasteiger partial charge in [-0.2, -0.15) is 0 Å². The van der Waals surface area contributed by atoms with Gasteiger partial charge in [-0.3, -0.25) is 0 Å². The Morgan fingerprint density at radius 1 is 0.952 bits per heavy atom. The maximum atomic E-state index is 3.67. The van der Waals surface area contributed by atoms with E-state index in [-0.39, 0.29) is 0 Å². The largest absolute Gasteiger partial charge is 0.310 e. The van der Waals surface area contributed by atoms with Gasteiger partial charge in [0.05, 0.1) is 0 Å². The molecule has 0 bridgehead atoms. The number of unbranched alkanes of at least 4 members (excludes halogenated alkanes) is 5. The van der Waals surface area contributed by atoms with Gasteiger partial charge in [-0.25, -0.2) is 0 Å². The van der Waals surface area contributed by atoms with E-state index < -0.39 is 0 Å². The van der Waals surface area contributed by atoms with Crippen LogP contribution in [0.25, 0.3) is 0 Å². The van der Waals surface area contributed by atoms with E-state index >= 15 is 0 Å². The maximum Gasteiger partial charge on any atom is 0.0320 e. The fraction of sp³-hybridized carbons (Fsp3) is 0.684. The predicted molar refractivity (Wildman–Crippen MR) is 98.0 cm³/mol. The minimum Gasteiger partial charge on any atom is -0.310 e. The third-order valence-electron chi connectivity index (χ3n) is 4.16. The highest BCUT2D eigenvalue weighted by Gasteiger charge is 2.12. The molecule has 120 valence electrons. The number of rotatable bonds is 10. The second kappa shape index (κ2) is 10.4. The summed E-state index contributed by atoms with van der Waals surface area (Å²) >= 11 is 3.67. The van der Waals surface area contributed by atoms with E-state index in [0.717, 1.165) is 6.54 Å². The van der Waals surface area contributed by atoms with Crippen LogP contribution in [0.5, 0.6) is 0 Å². The van der Waals surface area contributed by atoms with Gasteiger partial charge in [-0.05, 0) is 43.5 Å². The molecule has 1 unspecified atom stereocenters.